The van der Waals surface area contributed by atoms with Crippen molar-refractivity contribution in [3.05, 3.63) is 70.8 Å². The Morgan fingerprint density at radius 2 is 1.97 bits per heavy atom. The molecule has 2 amide bonds. The van der Waals surface area contributed by atoms with E-state index in [1.807, 2.05) is 0 Å². The Morgan fingerprint density at radius 3 is 2.62 bits per heavy atom. The lowest BCUT2D eigenvalue weighted by molar-refractivity contribution is -0.141. The molecule has 0 atom stereocenters. The number of benzene rings is 1. The van der Waals surface area contributed by atoms with Gasteiger partial charge >= 0.3 is 12.2 Å². The van der Waals surface area contributed by atoms with Crippen LogP contribution in [0.1, 0.15) is 17.1 Å². The molecule has 0 unspecified atom stereocenters. The fraction of sp³-hybridized carbons (Fsp3) is 0.250. The van der Waals surface area contributed by atoms with E-state index in [1.165, 1.54) is 12.3 Å². The second kappa shape index (κ2) is 10.4. The van der Waals surface area contributed by atoms with Gasteiger partial charge in [-0.1, -0.05) is 17.7 Å². The molecule has 32 heavy (non-hydrogen) atoms. The highest BCUT2D eigenvalue weighted by atomic mass is 35.5. The van der Waals surface area contributed by atoms with Crippen LogP contribution < -0.4 is 16.0 Å². The third kappa shape index (κ3) is 6.42. The van der Waals surface area contributed by atoms with Gasteiger partial charge in [0.1, 0.15) is 0 Å². The van der Waals surface area contributed by atoms with Crippen LogP contribution in [-0.4, -0.2) is 39.1 Å². The Morgan fingerprint density at radius 1 is 1.16 bits per heavy atom. The maximum atomic E-state index is 13.2. The largest absolute Gasteiger partial charge is 0.435 e. The molecule has 1 aromatic carbocycles. The minimum atomic E-state index is -4.64. The summed E-state index contributed by atoms with van der Waals surface area (Å²) in [7, 11) is 0. The summed E-state index contributed by atoms with van der Waals surface area (Å²) in [5, 5.41) is 20.8. The van der Waals surface area contributed by atoms with E-state index in [1.54, 1.807) is 30.3 Å². The third-order valence-electron chi connectivity index (χ3n) is 4.23. The number of hydrogen-bond acceptors (Lipinski definition) is 5. The molecule has 170 valence electrons. The number of nitrogens with zero attached hydrogens (tertiary/aromatic N) is 3. The van der Waals surface area contributed by atoms with Gasteiger partial charge in [-0.15, -0.1) is 0 Å². The zero-order valence-electron chi connectivity index (χ0n) is 16.7. The highest BCUT2D eigenvalue weighted by molar-refractivity contribution is 6.30. The standard InChI is InChI=1S/C20H20ClF3N6O2/c21-13-2-1-3-16(8-13)30-17(9-18(29-30)20(22,23)24)12-27-19(32)28-15-5-4-14(26-11-15)10-25-6-7-31/h1-5,8-9,11,25,31H,6-7,10,12H2,(H2,27,28,32). The number of rotatable bonds is 8. The Bertz CT molecular complexity index is 1060. The molecule has 0 saturated carbocycles. The fourth-order valence-electron chi connectivity index (χ4n) is 2.76. The molecule has 2 heterocycles. The van der Waals surface area contributed by atoms with Crippen molar-refractivity contribution in [2.45, 2.75) is 19.3 Å². The van der Waals surface area contributed by atoms with Gasteiger partial charge in [0.15, 0.2) is 5.69 Å². The molecule has 4 N–H and O–H groups in total. The molecule has 0 aliphatic rings. The number of aliphatic hydroxyl groups excluding tert-OH is 1. The van der Waals surface area contributed by atoms with Crippen LogP contribution in [0.2, 0.25) is 5.02 Å². The third-order valence-corrected chi connectivity index (χ3v) is 4.47. The molecule has 3 aromatic rings. The quantitative estimate of drug-likeness (QED) is 0.380. The molecule has 0 radical (unpaired) electrons. The van der Waals surface area contributed by atoms with Gasteiger partial charge in [0.05, 0.1) is 42.1 Å². The van der Waals surface area contributed by atoms with E-state index in [9.17, 15) is 18.0 Å². The fourth-order valence-corrected chi connectivity index (χ4v) is 2.94. The van der Waals surface area contributed by atoms with Gasteiger partial charge in [-0.2, -0.15) is 18.3 Å². The van der Waals surface area contributed by atoms with Crippen LogP contribution in [0.3, 0.4) is 0 Å². The average molecular weight is 469 g/mol. The Hall–Kier alpha value is -3.15. The van der Waals surface area contributed by atoms with E-state index in [0.717, 1.165) is 16.4 Å². The van der Waals surface area contributed by atoms with Gasteiger partial charge in [-0.25, -0.2) is 9.48 Å². The van der Waals surface area contributed by atoms with E-state index >= 15 is 0 Å². The number of pyridine rings is 1. The van der Waals surface area contributed by atoms with E-state index in [-0.39, 0.29) is 18.8 Å². The number of carbonyl (C=O) groups is 1. The number of carbonyl (C=O) groups excluding carboxylic acids is 1. The first kappa shape index (κ1) is 23.5. The summed E-state index contributed by atoms with van der Waals surface area (Å²) >= 11 is 5.94. The van der Waals surface area contributed by atoms with Crippen molar-refractivity contribution in [2.75, 3.05) is 18.5 Å². The van der Waals surface area contributed by atoms with Crippen molar-refractivity contribution in [2.24, 2.45) is 0 Å². The minimum Gasteiger partial charge on any atom is -0.395 e. The van der Waals surface area contributed by atoms with Crippen molar-refractivity contribution >= 4 is 23.3 Å². The summed E-state index contributed by atoms with van der Waals surface area (Å²) in [6, 6.07) is 9.80. The number of aliphatic hydroxyl groups is 1. The van der Waals surface area contributed by atoms with Crippen LogP contribution in [0.5, 0.6) is 0 Å². The number of aromatic nitrogens is 3. The Balaban J connectivity index is 1.66. The van der Waals surface area contributed by atoms with Gasteiger partial charge < -0.3 is 21.1 Å². The summed E-state index contributed by atoms with van der Waals surface area (Å²) in [5.41, 5.74) is 0.504. The molecule has 2 aromatic heterocycles. The second-order valence-corrected chi connectivity index (χ2v) is 7.09. The number of urea groups is 1. The van der Waals surface area contributed by atoms with Gasteiger partial charge in [-0.05, 0) is 36.4 Å². The predicted octanol–water partition coefficient (Wildman–Crippen LogP) is 3.34. The highest BCUT2D eigenvalue weighted by Crippen LogP contribution is 2.30. The van der Waals surface area contributed by atoms with Crippen LogP contribution in [0.15, 0.2) is 48.7 Å². The molecule has 0 fully saturated rings. The average Bonchev–Trinajstić information content (AvgIpc) is 3.19. The summed E-state index contributed by atoms with van der Waals surface area (Å²) in [6.45, 7) is 0.701. The van der Waals surface area contributed by atoms with Crippen molar-refractivity contribution in [1.82, 2.24) is 25.4 Å². The molecule has 0 bridgehead atoms. The molecule has 12 heteroatoms. The normalized spacial score (nSPS) is 11.4. The van der Waals surface area contributed by atoms with E-state index in [4.69, 9.17) is 16.7 Å². The molecule has 0 aliphatic carbocycles. The first-order valence-electron chi connectivity index (χ1n) is 9.49. The number of anilines is 1. The van der Waals surface area contributed by atoms with Crippen molar-refractivity contribution < 1.29 is 23.1 Å². The van der Waals surface area contributed by atoms with Crippen molar-refractivity contribution in [3.8, 4) is 5.69 Å². The summed E-state index contributed by atoms with van der Waals surface area (Å²) in [5.74, 6) is 0. The van der Waals surface area contributed by atoms with E-state index in [0.29, 0.717) is 29.5 Å². The number of amides is 2. The van der Waals surface area contributed by atoms with Crippen molar-refractivity contribution in [3.63, 3.8) is 0 Å². The Kier molecular flexibility index (Phi) is 7.67. The monoisotopic (exact) mass is 468 g/mol. The molecular weight excluding hydrogens is 449 g/mol. The zero-order chi connectivity index (χ0) is 23.1. The highest BCUT2D eigenvalue weighted by Gasteiger charge is 2.35. The number of halogens is 4. The van der Waals surface area contributed by atoms with Gasteiger partial charge in [0.2, 0.25) is 0 Å². The van der Waals surface area contributed by atoms with Crippen LogP contribution >= 0.6 is 11.6 Å². The number of alkyl halides is 3. The maximum Gasteiger partial charge on any atom is 0.435 e. The van der Waals surface area contributed by atoms with Gasteiger partial charge in [0, 0.05) is 18.1 Å². The number of nitrogens with one attached hydrogen (secondary N) is 3. The van der Waals surface area contributed by atoms with Crippen LogP contribution in [-0.2, 0) is 19.3 Å². The topological polar surface area (TPSA) is 104 Å². The molecule has 8 nitrogen and oxygen atoms in total. The first-order chi connectivity index (χ1) is 15.3. The molecular formula is C20H20ClF3N6O2. The smallest absolute Gasteiger partial charge is 0.395 e. The number of hydrogen-bond donors (Lipinski definition) is 4. The summed E-state index contributed by atoms with van der Waals surface area (Å²) < 4.78 is 40.6. The van der Waals surface area contributed by atoms with Crippen LogP contribution in [0, 0.1) is 0 Å². The summed E-state index contributed by atoms with van der Waals surface area (Å²) in [4.78, 5) is 16.4. The minimum absolute atomic E-state index is 0.0144. The predicted molar refractivity (Wildman–Crippen MR) is 112 cm³/mol. The van der Waals surface area contributed by atoms with E-state index < -0.39 is 17.9 Å². The SMILES string of the molecule is O=C(NCc1cc(C(F)(F)F)nn1-c1cccc(Cl)c1)Nc1ccc(CNCCO)nc1. The lowest BCUT2D eigenvalue weighted by atomic mass is 10.3. The van der Waals surface area contributed by atoms with Gasteiger partial charge in [0.25, 0.3) is 0 Å². The lowest BCUT2D eigenvalue weighted by Crippen LogP contribution is -2.29. The second-order valence-electron chi connectivity index (χ2n) is 6.66. The van der Waals surface area contributed by atoms with Crippen LogP contribution in [0.25, 0.3) is 5.69 Å². The lowest BCUT2D eigenvalue weighted by Gasteiger charge is -2.10. The summed E-state index contributed by atoms with van der Waals surface area (Å²) in [6.07, 6.45) is -3.19. The molecule has 3 rings (SSSR count). The molecule has 0 aliphatic heterocycles. The van der Waals surface area contributed by atoms with Crippen molar-refractivity contribution in [1.29, 1.82) is 0 Å². The van der Waals surface area contributed by atoms with Gasteiger partial charge in [-0.3, -0.25) is 4.98 Å². The zero-order valence-corrected chi connectivity index (χ0v) is 17.4. The maximum absolute atomic E-state index is 13.2. The van der Waals surface area contributed by atoms with E-state index in [2.05, 4.69) is 26.0 Å². The molecule has 0 spiro atoms. The van der Waals surface area contributed by atoms with Crippen LogP contribution in [0.4, 0.5) is 23.7 Å². The Labute approximate surface area is 186 Å². The molecule has 0 saturated heterocycles. The first-order valence-corrected chi connectivity index (χ1v) is 9.87.